The Morgan fingerprint density at radius 3 is 2.67 bits per heavy atom. The number of aliphatic imine (C=N–C) groups is 1. The monoisotopic (exact) mass is 125 g/mol. The van der Waals surface area contributed by atoms with Crippen molar-refractivity contribution in [1.82, 2.24) is 4.90 Å². The molecule has 0 aromatic heterocycles. The van der Waals surface area contributed by atoms with E-state index in [1.165, 1.54) is 0 Å². The molecule has 0 heterocycles. The largest absolute Gasteiger partial charge is 0.350 e. The highest BCUT2D eigenvalue weighted by molar-refractivity contribution is 5.79. The van der Waals surface area contributed by atoms with Gasteiger partial charge in [0.25, 0.3) is 0 Å². The predicted octanol–water partition coefficient (Wildman–Crippen LogP) is 0.490. The van der Waals surface area contributed by atoms with E-state index in [0.29, 0.717) is 6.54 Å². The minimum absolute atomic E-state index is 0.406. The highest BCUT2D eigenvalue weighted by Crippen LogP contribution is 1.83. The summed E-state index contributed by atoms with van der Waals surface area (Å²) < 4.78 is 0. The van der Waals surface area contributed by atoms with Crippen molar-refractivity contribution in [2.75, 3.05) is 20.6 Å². The lowest BCUT2D eigenvalue weighted by Crippen LogP contribution is -2.24. The Hall–Kier alpha value is -1.04. The normalized spacial score (nSPS) is 10.7. The van der Waals surface area contributed by atoms with Crippen LogP contribution in [0, 0.1) is 11.3 Å². The van der Waals surface area contributed by atoms with Gasteiger partial charge in [-0.2, -0.15) is 5.26 Å². The van der Waals surface area contributed by atoms with Crippen LogP contribution in [-0.2, 0) is 0 Å². The van der Waals surface area contributed by atoms with Gasteiger partial charge in [-0.05, 0) is 6.92 Å². The molecule has 0 aliphatic carbocycles. The smallest absolute Gasteiger partial charge is 0.106 e. The maximum atomic E-state index is 8.23. The number of nitriles is 1. The molecule has 0 radical (unpaired) electrons. The third-order valence-corrected chi connectivity index (χ3v) is 1.18. The Labute approximate surface area is 55.6 Å². The zero-order valence-electron chi connectivity index (χ0n) is 6.05. The SMILES string of the molecule is CN=C(C)N(C)CC#N. The summed E-state index contributed by atoms with van der Waals surface area (Å²) in [6.45, 7) is 2.28. The number of rotatable bonds is 1. The molecule has 0 aromatic carbocycles. The minimum atomic E-state index is 0.406. The lowest BCUT2D eigenvalue weighted by atomic mass is 10.5. The fraction of sp³-hybridized carbons (Fsp3) is 0.667. The van der Waals surface area contributed by atoms with E-state index in [1.807, 2.05) is 20.0 Å². The molecule has 0 unspecified atom stereocenters. The number of nitrogens with zero attached hydrogens (tertiary/aromatic N) is 3. The molecule has 50 valence electrons. The van der Waals surface area contributed by atoms with E-state index in [9.17, 15) is 0 Å². The van der Waals surface area contributed by atoms with Crippen molar-refractivity contribution in [2.24, 2.45) is 4.99 Å². The number of hydrogen-bond donors (Lipinski definition) is 0. The zero-order chi connectivity index (χ0) is 7.28. The molecule has 9 heavy (non-hydrogen) atoms. The molecule has 0 rings (SSSR count). The average molecular weight is 125 g/mol. The molecule has 0 aliphatic rings. The van der Waals surface area contributed by atoms with Gasteiger partial charge in [-0.25, -0.2) is 0 Å². The van der Waals surface area contributed by atoms with Gasteiger partial charge in [-0.1, -0.05) is 0 Å². The molecule has 0 spiro atoms. The van der Waals surface area contributed by atoms with Gasteiger partial charge in [-0.3, -0.25) is 4.99 Å². The second-order valence-electron chi connectivity index (χ2n) is 1.78. The van der Waals surface area contributed by atoms with Crippen molar-refractivity contribution < 1.29 is 0 Å². The van der Waals surface area contributed by atoms with Gasteiger partial charge in [0, 0.05) is 14.1 Å². The summed E-state index contributed by atoms with van der Waals surface area (Å²) in [5, 5.41) is 8.23. The standard InChI is InChI=1S/C6H11N3/c1-6(8-2)9(3)5-4-7/h5H2,1-3H3. The van der Waals surface area contributed by atoms with Crippen LogP contribution in [0.25, 0.3) is 0 Å². The van der Waals surface area contributed by atoms with Crippen LogP contribution in [0.4, 0.5) is 0 Å². The first kappa shape index (κ1) is 7.96. The van der Waals surface area contributed by atoms with Crippen LogP contribution >= 0.6 is 0 Å². The van der Waals surface area contributed by atoms with E-state index in [-0.39, 0.29) is 0 Å². The van der Waals surface area contributed by atoms with E-state index < -0.39 is 0 Å². The fourth-order valence-corrected chi connectivity index (χ4v) is 0.391. The Morgan fingerprint density at radius 2 is 2.33 bits per heavy atom. The maximum absolute atomic E-state index is 8.23. The van der Waals surface area contributed by atoms with Crippen LogP contribution in [0.2, 0.25) is 0 Å². The Bertz CT molecular complexity index is 143. The van der Waals surface area contributed by atoms with Gasteiger partial charge in [-0.15, -0.1) is 0 Å². The third-order valence-electron chi connectivity index (χ3n) is 1.18. The number of hydrogen-bond acceptors (Lipinski definition) is 2. The molecule has 0 bridgehead atoms. The number of amidine groups is 1. The maximum Gasteiger partial charge on any atom is 0.106 e. The van der Waals surface area contributed by atoms with Crippen molar-refractivity contribution in [3.63, 3.8) is 0 Å². The van der Waals surface area contributed by atoms with Crippen molar-refractivity contribution in [3.05, 3.63) is 0 Å². The first-order valence-corrected chi connectivity index (χ1v) is 2.74. The summed E-state index contributed by atoms with van der Waals surface area (Å²) in [6.07, 6.45) is 0. The summed E-state index contributed by atoms with van der Waals surface area (Å²) in [5.41, 5.74) is 0. The minimum Gasteiger partial charge on any atom is -0.350 e. The zero-order valence-corrected chi connectivity index (χ0v) is 6.05. The molecule has 0 aromatic rings. The average Bonchev–Trinajstić information content (AvgIpc) is 1.87. The Balaban J connectivity index is 3.76. The lowest BCUT2D eigenvalue weighted by Gasteiger charge is -2.12. The molecule has 0 saturated carbocycles. The van der Waals surface area contributed by atoms with Gasteiger partial charge in [0.2, 0.25) is 0 Å². The van der Waals surface area contributed by atoms with Crippen LogP contribution in [-0.4, -0.2) is 31.4 Å². The third kappa shape index (κ3) is 2.70. The van der Waals surface area contributed by atoms with E-state index in [4.69, 9.17) is 5.26 Å². The molecule has 0 aliphatic heterocycles. The molecule has 0 fully saturated rings. The van der Waals surface area contributed by atoms with Crippen LogP contribution in [0.5, 0.6) is 0 Å². The summed E-state index contributed by atoms with van der Waals surface area (Å²) >= 11 is 0. The summed E-state index contributed by atoms with van der Waals surface area (Å²) in [5.74, 6) is 0.886. The van der Waals surface area contributed by atoms with Crippen molar-refractivity contribution in [3.8, 4) is 6.07 Å². The first-order chi connectivity index (χ1) is 4.22. The molecule has 0 amide bonds. The summed E-state index contributed by atoms with van der Waals surface area (Å²) in [7, 11) is 3.55. The molecule has 3 heteroatoms. The quantitative estimate of drug-likeness (QED) is 0.290. The van der Waals surface area contributed by atoms with Gasteiger partial charge >= 0.3 is 0 Å². The summed E-state index contributed by atoms with van der Waals surface area (Å²) in [6, 6.07) is 2.03. The van der Waals surface area contributed by atoms with Crippen LogP contribution in [0.1, 0.15) is 6.92 Å². The second-order valence-corrected chi connectivity index (χ2v) is 1.78. The highest BCUT2D eigenvalue weighted by Gasteiger charge is 1.94. The Kier molecular flexibility index (Phi) is 3.45. The molecule has 0 N–H and O–H groups in total. The van der Waals surface area contributed by atoms with E-state index in [1.54, 1.807) is 11.9 Å². The van der Waals surface area contributed by atoms with E-state index in [0.717, 1.165) is 5.84 Å². The lowest BCUT2D eigenvalue weighted by molar-refractivity contribution is 0.565. The first-order valence-electron chi connectivity index (χ1n) is 2.74. The van der Waals surface area contributed by atoms with Crippen molar-refractivity contribution in [2.45, 2.75) is 6.92 Å². The summed E-state index contributed by atoms with van der Waals surface area (Å²) in [4.78, 5) is 5.69. The topological polar surface area (TPSA) is 39.4 Å². The fourth-order valence-electron chi connectivity index (χ4n) is 0.391. The van der Waals surface area contributed by atoms with E-state index >= 15 is 0 Å². The molecule has 0 saturated heterocycles. The van der Waals surface area contributed by atoms with Gasteiger partial charge in [0.05, 0.1) is 11.9 Å². The van der Waals surface area contributed by atoms with Crippen LogP contribution in [0.3, 0.4) is 0 Å². The second kappa shape index (κ2) is 3.90. The predicted molar refractivity (Wildman–Crippen MR) is 37.3 cm³/mol. The van der Waals surface area contributed by atoms with Gasteiger partial charge in [0.1, 0.15) is 6.54 Å². The van der Waals surface area contributed by atoms with E-state index in [2.05, 4.69) is 4.99 Å². The highest BCUT2D eigenvalue weighted by atomic mass is 15.1. The van der Waals surface area contributed by atoms with Gasteiger partial charge < -0.3 is 4.90 Å². The molecular formula is C6H11N3. The van der Waals surface area contributed by atoms with Crippen LogP contribution in [0.15, 0.2) is 4.99 Å². The van der Waals surface area contributed by atoms with Crippen molar-refractivity contribution in [1.29, 1.82) is 5.26 Å². The van der Waals surface area contributed by atoms with Crippen LogP contribution < -0.4 is 0 Å². The molecule has 0 atom stereocenters. The Morgan fingerprint density at radius 1 is 1.78 bits per heavy atom. The van der Waals surface area contributed by atoms with Crippen molar-refractivity contribution >= 4 is 5.84 Å². The van der Waals surface area contributed by atoms with Gasteiger partial charge in [0.15, 0.2) is 0 Å². The molecule has 3 nitrogen and oxygen atoms in total. The molecular weight excluding hydrogens is 114 g/mol.